The molecule has 0 saturated heterocycles. The van der Waals surface area contributed by atoms with Crippen LogP contribution < -0.4 is 4.90 Å². The number of aryl methyl sites for hydroxylation is 1. The molecular formula is C15H12FNO2S. The van der Waals surface area contributed by atoms with Crippen LogP contribution in [0.15, 0.2) is 29.0 Å². The number of nitrogens with zero attached hydrogens (tertiary/aromatic N) is 1. The molecule has 0 fully saturated rings. The normalized spacial score (nSPS) is 14.0. The van der Waals surface area contributed by atoms with Crippen LogP contribution in [0.1, 0.15) is 21.5 Å². The molecule has 1 aliphatic rings. The van der Waals surface area contributed by atoms with E-state index in [2.05, 4.69) is 0 Å². The van der Waals surface area contributed by atoms with E-state index < -0.39 is 17.5 Å². The Hall–Kier alpha value is -2.01. The SMILES string of the molecule is Cc1cc(F)cc2c1N(CCc1ccsc1)C(=O)C2=O. The zero-order valence-electron chi connectivity index (χ0n) is 10.9. The number of carbonyl (C=O) groups is 2. The van der Waals surface area contributed by atoms with Gasteiger partial charge in [-0.3, -0.25) is 9.59 Å². The maximum atomic E-state index is 13.4. The average Bonchev–Trinajstić information content (AvgIpc) is 2.98. The van der Waals surface area contributed by atoms with Crippen LogP contribution in [0.5, 0.6) is 0 Å². The van der Waals surface area contributed by atoms with Crippen molar-refractivity contribution >= 4 is 28.7 Å². The molecule has 1 aliphatic heterocycles. The van der Waals surface area contributed by atoms with E-state index in [4.69, 9.17) is 0 Å². The predicted octanol–water partition coefficient (Wildman–Crippen LogP) is 2.97. The van der Waals surface area contributed by atoms with Gasteiger partial charge in [-0.2, -0.15) is 11.3 Å². The van der Waals surface area contributed by atoms with Gasteiger partial charge in [-0.25, -0.2) is 4.39 Å². The summed E-state index contributed by atoms with van der Waals surface area (Å²) in [5.74, 6) is -1.67. The van der Waals surface area contributed by atoms with E-state index in [0.717, 1.165) is 11.6 Å². The second kappa shape index (κ2) is 4.83. The van der Waals surface area contributed by atoms with E-state index in [1.165, 1.54) is 11.0 Å². The van der Waals surface area contributed by atoms with Crippen LogP contribution in [-0.4, -0.2) is 18.2 Å². The Bertz CT molecular complexity index is 694. The topological polar surface area (TPSA) is 37.4 Å². The van der Waals surface area contributed by atoms with Gasteiger partial charge in [-0.15, -0.1) is 0 Å². The predicted molar refractivity (Wildman–Crippen MR) is 75.8 cm³/mol. The monoisotopic (exact) mass is 289 g/mol. The Labute approximate surface area is 119 Å². The fourth-order valence-corrected chi connectivity index (χ4v) is 3.20. The highest BCUT2D eigenvalue weighted by atomic mass is 32.1. The highest BCUT2D eigenvalue weighted by Crippen LogP contribution is 2.33. The summed E-state index contributed by atoms with van der Waals surface area (Å²) in [6.07, 6.45) is 0.679. The number of ketones is 1. The number of carbonyl (C=O) groups excluding carboxylic acids is 2. The van der Waals surface area contributed by atoms with E-state index in [0.29, 0.717) is 24.2 Å². The van der Waals surface area contributed by atoms with Crippen LogP contribution in [0.4, 0.5) is 10.1 Å². The maximum Gasteiger partial charge on any atom is 0.299 e. The molecule has 2 aromatic rings. The minimum atomic E-state index is -0.618. The van der Waals surface area contributed by atoms with Gasteiger partial charge >= 0.3 is 0 Å². The van der Waals surface area contributed by atoms with Gasteiger partial charge in [0, 0.05) is 6.54 Å². The molecule has 0 radical (unpaired) electrons. The first-order valence-corrected chi connectivity index (χ1v) is 7.19. The first-order chi connectivity index (χ1) is 9.58. The first-order valence-electron chi connectivity index (χ1n) is 6.25. The Kier molecular flexibility index (Phi) is 3.14. The molecule has 1 aromatic carbocycles. The molecule has 3 rings (SSSR count). The Morgan fingerprint density at radius 2 is 2.10 bits per heavy atom. The lowest BCUT2D eigenvalue weighted by atomic mass is 10.1. The molecule has 0 bridgehead atoms. The molecule has 0 saturated carbocycles. The van der Waals surface area contributed by atoms with E-state index >= 15 is 0 Å². The van der Waals surface area contributed by atoms with Gasteiger partial charge in [-0.1, -0.05) is 0 Å². The van der Waals surface area contributed by atoms with Gasteiger partial charge in [0.05, 0.1) is 11.3 Å². The zero-order valence-corrected chi connectivity index (χ0v) is 11.7. The van der Waals surface area contributed by atoms with Gasteiger partial charge < -0.3 is 4.90 Å². The van der Waals surface area contributed by atoms with Gasteiger partial charge in [0.1, 0.15) is 5.82 Å². The highest BCUT2D eigenvalue weighted by molar-refractivity contribution is 7.07. The lowest BCUT2D eigenvalue weighted by Crippen LogP contribution is -2.31. The highest BCUT2D eigenvalue weighted by Gasteiger charge is 2.37. The molecule has 0 unspecified atom stereocenters. The number of amides is 1. The van der Waals surface area contributed by atoms with Gasteiger partial charge in [0.2, 0.25) is 0 Å². The Morgan fingerprint density at radius 3 is 2.80 bits per heavy atom. The smallest absolute Gasteiger partial charge is 0.299 e. The third kappa shape index (κ3) is 2.04. The number of thiophene rings is 1. The standard InChI is InChI=1S/C15H12FNO2S/c1-9-6-11(16)7-12-13(9)17(15(19)14(12)18)4-2-10-3-5-20-8-10/h3,5-8H,2,4H2,1H3. The second-order valence-corrected chi connectivity index (χ2v) is 5.57. The summed E-state index contributed by atoms with van der Waals surface area (Å²) in [6.45, 7) is 2.15. The van der Waals surface area contributed by atoms with Crippen LogP contribution in [0, 0.1) is 12.7 Å². The number of hydrogen-bond donors (Lipinski definition) is 0. The summed E-state index contributed by atoms with van der Waals surface area (Å²) in [4.78, 5) is 25.4. The van der Waals surface area contributed by atoms with Gasteiger partial charge in [0.25, 0.3) is 11.7 Å². The van der Waals surface area contributed by atoms with Crippen molar-refractivity contribution < 1.29 is 14.0 Å². The second-order valence-electron chi connectivity index (χ2n) is 4.79. The van der Waals surface area contributed by atoms with E-state index in [-0.39, 0.29) is 5.56 Å². The number of rotatable bonds is 3. The largest absolute Gasteiger partial charge is 0.304 e. The summed E-state index contributed by atoms with van der Waals surface area (Å²) in [7, 11) is 0. The van der Waals surface area contributed by atoms with Crippen LogP contribution in [-0.2, 0) is 11.2 Å². The molecule has 20 heavy (non-hydrogen) atoms. The van der Waals surface area contributed by atoms with Crippen LogP contribution in [0.3, 0.4) is 0 Å². The summed E-state index contributed by atoms with van der Waals surface area (Å²) in [5, 5.41) is 3.99. The van der Waals surface area contributed by atoms with Crippen molar-refractivity contribution in [2.45, 2.75) is 13.3 Å². The molecule has 0 spiro atoms. The first kappa shape index (κ1) is 13.0. The average molecular weight is 289 g/mol. The Morgan fingerprint density at radius 1 is 1.30 bits per heavy atom. The summed E-state index contributed by atoms with van der Waals surface area (Å²) >= 11 is 1.59. The van der Waals surface area contributed by atoms with E-state index in [1.54, 1.807) is 18.3 Å². The van der Waals surface area contributed by atoms with Crippen LogP contribution >= 0.6 is 11.3 Å². The molecule has 0 atom stereocenters. The molecule has 1 amide bonds. The minimum Gasteiger partial charge on any atom is -0.304 e. The van der Waals surface area contributed by atoms with Crippen molar-refractivity contribution in [2.24, 2.45) is 0 Å². The fraction of sp³-hybridized carbons (Fsp3) is 0.200. The number of hydrogen-bond acceptors (Lipinski definition) is 3. The number of halogens is 1. The summed E-state index contributed by atoms with van der Waals surface area (Å²) in [6, 6.07) is 4.49. The third-order valence-electron chi connectivity index (χ3n) is 3.42. The van der Waals surface area contributed by atoms with Crippen molar-refractivity contribution in [1.82, 2.24) is 0 Å². The van der Waals surface area contributed by atoms with Gasteiger partial charge in [-0.05, 0) is 53.4 Å². The molecule has 3 nitrogen and oxygen atoms in total. The summed E-state index contributed by atoms with van der Waals surface area (Å²) in [5.41, 5.74) is 2.47. The quantitative estimate of drug-likeness (QED) is 0.815. The molecule has 5 heteroatoms. The molecule has 2 heterocycles. The maximum absolute atomic E-state index is 13.4. The van der Waals surface area contributed by atoms with Gasteiger partial charge in [0.15, 0.2) is 0 Å². The third-order valence-corrected chi connectivity index (χ3v) is 4.16. The molecule has 102 valence electrons. The zero-order chi connectivity index (χ0) is 14.3. The number of anilines is 1. The molecule has 0 aliphatic carbocycles. The van der Waals surface area contributed by atoms with E-state index in [1.807, 2.05) is 16.8 Å². The minimum absolute atomic E-state index is 0.179. The molecule has 0 N–H and O–H groups in total. The van der Waals surface area contributed by atoms with Crippen molar-refractivity contribution in [2.75, 3.05) is 11.4 Å². The fourth-order valence-electron chi connectivity index (χ4n) is 2.50. The van der Waals surface area contributed by atoms with Crippen molar-refractivity contribution in [1.29, 1.82) is 0 Å². The lowest BCUT2D eigenvalue weighted by molar-refractivity contribution is -0.114. The van der Waals surface area contributed by atoms with Crippen LogP contribution in [0.2, 0.25) is 0 Å². The van der Waals surface area contributed by atoms with Crippen molar-refractivity contribution in [3.8, 4) is 0 Å². The molecule has 1 aromatic heterocycles. The van der Waals surface area contributed by atoms with E-state index in [9.17, 15) is 14.0 Å². The number of fused-ring (bicyclic) bond motifs is 1. The van der Waals surface area contributed by atoms with Crippen LogP contribution in [0.25, 0.3) is 0 Å². The Balaban J connectivity index is 1.93. The number of benzene rings is 1. The van der Waals surface area contributed by atoms with Crippen molar-refractivity contribution in [3.05, 3.63) is 51.5 Å². The lowest BCUT2D eigenvalue weighted by Gasteiger charge is -2.18. The number of Topliss-reactive ketones (excluding diaryl/α,β-unsaturated/α-hetero) is 1. The molecular weight excluding hydrogens is 277 g/mol. The summed E-state index contributed by atoms with van der Waals surface area (Å²) < 4.78 is 13.4. The van der Waals surface area contributed by atoms with Crippen molar-refractivity contribution in [3.63, 3.8) is 0 Å².